The molecule has 0 bridgehead atoms. The standard InChI is InChI=1S/C30H27ClN10O3/c31-21-3-5-26(41-18-34-37-38-41)19(15-21)2-6-27(42)40-10-8-24-23(7-9-32-29(24)39-11-13-44-14-12-39)28(40)30(43)35-22-4-1-20-17-33-36-25(20)16-22/h1-7,9,15-18,28H,8,10-14H2,(H,33,36)(H,35,43)/b6-2+. The summed E-state index contributed by atoms with van der Waals surface area (Å²) in [6.07, 6.45) is 8.54. The summed E-state index contributed by atoms with van der Waals surface area (Å²) in [5.41, 5.74) is 4.38. The quantitative estimate of drug-likeness (QED) is 0.277. The highest BCUT2D eigenvalue weighted by Gasteiger charge is 2.37. The van der Waals surface area contributed by atoms with Crippen LogP contribution in [0.1, 0.15) is 22.7 Å². The van der Waals surface area contributed by atoms with E-state index in [1.54, 1.807) is 41.6 Å². The number of fused-ring (bicyclic) bond motifs is 2. The topological polar surface area (TPSA) is 147 Å². The van der Waals surface area contributed by atoms with Crippen molar-refractivity contribution in [3.63, 3.8) is 0 Å². The number of tetrazole rings is 1. The molecule has 2 aromatic carbocycles. The van der Waals surface area contributed by atoms with Gasteiger partial charge in [-0.2, -0.15) is 9.78 Å². The first-order valence-corrected chi connectivity index (χ1v) is 14.5. The van der Waals surface area contributed by atoms with Crippen molar-refractivity contribution in [2.75, 3.05) is 43.1 Å². The van der Waals surface area contributed by atoms with Gasteiger partial charge in [-0.1, -0.05) is 11.6 Å². The maximum absolute atomic E-state index is 14.1. The van der Waals surface area contributed by atoms with Gasteiger partial charge < -0.3 is 19.9 Å². The fraction of sp³-hybridized carbons (Fsp3) is 0.233. The number of carbonyl (C=O) groups is 2. The summed E-state index contributed by atoms with van der Waals surface area (Å²) >= 11 is 6.28. The maximum Gasteiger partial charge on any atom is 0.251 e. The molecule has 1 unspecified atom stereocenters. The number of carbonyl (C=O) groups excluding carboxylic acids is 2. The number of morpholine rings is 1. The first-order chi connectivity index (χ1) is 21.5. The van der Waals surface area contributed by atoms with Crippen LogP contribution in [0.3, 0.4) is 0 Å². The lowest BCUT2D eigenvalue weighted by molar-refractivity contribution is -0.135. The molecular formula is C30H27ClN10O3. The number of halogens is 1. The number of hydrogen-bond donors (Lipinski definition) is 2. The van der Waals surface area contributed by atoms with Gasteiger partial charge in [-0.05, 0) is 71.0 Å². The Morgan fingerprint density at radius 2 is 1.98 bits per heavy atom. The molecule has 5 heterocycles. The van der Waals surface area contributed by atoms with Crippen LogP contribution >= 0.6 is 11.6 Å². The first-order valence-electron chi connectivity index (χ1n) is 14.1. The van der Waals surface area contributed by atoms with E-state index in [0.29, 0.717) is 61.2 Å². The Kier molecular flexibility index (Phi) is 7.46. The number of anilines is 2. The Bertz CT molecular complexity index is 1870. The van der Waals surface area contributed by atoms with Crippen molar-refractivity contribution in [3.8, 4) is 5.69 Å². The number of pyridine rings is 1. The van der Waals surface area contributed by atoms with E-state index in [4.69, 9.17) is 16.3 Å². The number of amides is 2. The van der Waals surface area contributed by atoms with Crippen molar-refractivity contribution in [3.05, 3.63) is 89.0 Å². The van der Waals surface area contributed by atoms with Crippen LogP contribution in [0.2, 0.25) is 5.02 Å². The normalized spacial score (nSPS) is 16.8. The number of benzene rings is 2. The first kappa shape index (κ1) is 27.7. The molecule has 1 fully saturated rings. The monoisotopic (exact) mass is 610 g/mol. The molecule has 0 spiro atoms. The van der Waals surface area contributed by atoms with Crippen molar-refractivity contribution in [1.29, 1.82) is 0 Å². The third kappa shape index (κ3) is 5.38. The van der Waals surface area contributed by atoms with Crippen LogP contribution < -0.4 is 10.2 Å². The Labute approximate surface area is 256 Å². The number of aromatic nitrogens is 7. The Balaban J connectivity index is 1.23. The molecule has 14 heteroatoms. The molecular weight excluding hydrogens is 584 g/mol. The predicted molar refractivity (Wildman–Crippen MR) is 163 cm³/mol. The van der Waals surface area contributed by atoms with Gasteiger partial charge >= 0.3 is 0 Å². The maximum atomic E-state index is 14.1. The molecule has 0 radical (unpaired) electrons. The summed E-state index contributed by atoms with van der Waals surface area (Å²) in [7, 11) is 0. The minimum absolute atomic E-state index is 0.326. The van der Waals surface area contributed by atoms with E-state index in [-0.39, 0.29) is 11.8 Å². The molecule has 0 aliphatic carbocycles. The van der Waals surface area contributed by atoms with Gasteiger partial charge in [-0.15, -0.1) is 5.10 Å². The zero-order chi connectivity index (χ0) is 30.0. The molecule has 2 aliphatic heterocycles. The van der Waals surface area contributed by atoms with Crippen LogP contribution in [0, 0.1) is 0 Å². The molecule has 2 amide bonds. The number of nitrogens with zero attached hydrogens (tertiary/aromatic N) is 8. The van der Waals surface area contributed by atoms with E-state index >= 15 is 0 Å². The average molecular weight is 611 g/mol. The van der Waals surface area contributed by atoms with E-state index in [1.807, 2.05) is 24.3 Å². The Hall–Kier alpha value is -5.14. The molecule has 3 aromatic heterocycles. The molecule has 44 heavy (non-hydrogen) atoms. The van der Waals surface area contributed by atoms with Crippen LogP contribution in [0.5, 0.6) is 0 Å². The molecule has 1 saturated heterocycles. The van der Waals surface area contributed by atoms with Gasteiger partial charge in [0.25, 0.3) is 5.91 Å². The molecule has 7 rings (SSSR count). The lowest BCUT2D eigenvalue weighted by Crippen LogP contribution is -2.46. The number of H-pyrrole nitrogens is 1. The molecule has 0 saturated carbocycles. The third-order valence-electron chi connectivity index (χ3n) is 7.82. The Morgan fingerprint density at radius 1 is 1.09 bits per heavy atom. The van der Waals surface area contributed by atoms with Gasteiger partial charge in [0.1, 0.15) is 18.2 Å². The Morgan fingerprint density at radius 3 is 2.82 bits per heavy atom. The molecule has 13 nitrogen and oxygen atoms in total. The van der Waals surface area contributed by atoms with Gasteiger partial charge in [0.15, 0.2) is 0 Å². The number of ether oxygens (including phenoxy) is 1. The van der Waals surface area contributed by atoms with Gasteiger partial charge in [-0.25, -0.2) is 4.98 Å². The predicted octanol–water partition coefficient (Wildman–Crippen LogP) is 3.20. The van der Waals surface area contributed by atoms with Gasteiger partial charge in [0, 0.05) is 59.1 Å². The second kappa shape index (κ2) is 11.9. The smallest absolute Gasteiger partial charge is 0.251 e. The number of nitrogens with one attached hydrogen (secondary N) is 2. The van der Waals surface area contributed by atoms with E-state index in [2.05, 4.69) is 40.9 Å². The lowest BCUT2D eigenvalue weighted by atomic mass is 9.92. The molecule has 5 aromatic rings. The second-order valence-electron chi connectivity index (χ2n) is 10.4. The van der Waals surface area contributed by atoms with Crippen LogP contribution in [0.4, 0.5) is 11.5 Å². The van der Waals surface area contributed by atoms with Crippen molar-refractivity contribution in [2.24, 2.45) is 0 Å². The minimum Gasteiger partial charge on any atom is -0.378 e. The highest BCUT2D eigenvalue weighted by atomic mass is 35.5. The van der Waals surface area contributed by atoms with E-state index in [1.165, 1.54) is 17.1 Å². The summed E-state index contributed by atoms with van der Waals surface area (Å²) in [6, 6.07) is 11.7. The highest BCUT2D eigenvalue weighted by molar-refractivity contribution is 6.30. The van der Waals surface area contributed by atoms with Crippen molar-refractivity contribution in [1.82, 2.24) is 40.3 Å². The minimum atomic E-state index is -0.894. The largest absolute Gasteiger partial charge is 0.378 e. The van der Waals surface area contributed by atoms with Crippen molar-refractivity contribution < 1.29 is 14.3 Å². The summed E-state index contributed by atoms with van der Waals surface area (Å²) < 4.78 is 7.04. The van der Waals surface area contributed by atoms with Crippen molar-refractivity contribution >= 4 is 51.9 Å². The van der Waals surface area contributed by atoms with Gasteiger partial charge in [-0.3, -0.25) is 14.7 Å². The summed E-state index contributed by atoms with van der Waals surface area (Å²) in [4.78, 5) is 36.4. The number of hydrogen-bond acceptors (Lipinski definition) is 9. The fourth-order valence-corrected chi connectivity index (χ4v) is 5.91. The lowest BCUT2D eigenvalue weighted by Gasteiger charge is -2.38. The average Bonchev–Trinajstić information content (AvgIpc) is 3.76. The summed E-state index contributed by atoms with van der Waals surface area (Å²) in [6.45, 7) is 2.96. The third-order valence-corrected chi connectivity index (χ3v) is 8.06. The van der Waals surface area contributed by atoms with E-state index in [9.17, 15) is 9.59 Å². The fourth-order valence-electron chi connectivity index (χ4n) is 5.73. The molecule has 1 atom stereocenters. The molecule has 2 N–H and O–H groups in total. The molecule has 222 valence electrons. The van der Waals surface area contributed by atoms with Crippen molar-refractivity contribution in [2.45, 2.75) is 12.5 Å². The van der Waals surface area contributed by atoms with E-state index < -0.39 is 6.04 Å². The summed E-state index contributed by atoms with van der Waals surface area (Å²) in [5.74, 6) is 0.171. The van der Waals surface area contributed by atoms with Gasteiger partial charge in [0.05, 0.1) is 30.6 Å². The zero-order valence-corrected chi connectivity index (χ0v) is 24.2. The number of rotatable bonds is 6. The van der Waals surface area contributed by atoms with Crippen LogP contribution in [-0.2, 0) is 20.7 Å². The van der Waals surface area contributed by atoms with Crippen LogP contribution in [-0.4, -0.2) is 85.0 Å². The second-order valence-corrected chi connectivity index (χ2v) is 10.9. The zero-order valence-electron chi connectivity index (χ0n) is 23.4. The SMILES string of the molecule is O=C(Nc1ccc2cn[nH]c2c1)C1c2ccnc(N3CCOCC3)c2CCN1C(=O)/C=C/c1cc(Cl)ccc1-n1cnnn1. The highest BCUT2D eigenvalue weighted by Crippen LogP contribution is 2.36. The number of aromatic amines is 1. The van der Waals surface area contributed by atoms with E-state index in [0.717, 1.165) is 27.8 Å². The van der Waals surface area contributed by atoms with Crippen LogP contribution in [0.25, 0.3) is 22.7 Å². The van der Waals surface area contributed by atoms with Crippen LogP contribution in [0.15, 0.2) is 67.3 Å². The van der Waals surface area contributed by atoms with Gasteiger partial charge in [0.2, 0.25) is 5.91 Å². The molecule has 2 aliphatic rings. The summed E-state index contributed by atoms with van der Waals surface area (Å²) in [5, 5.41) is 22.8.